The summed E-state index contributed by atoms with van der Waals surface area (Å²) in [7, 11) is 0. The third kappa shape index (κ3) is 3.95. The average molecular weight is 243 g/mol. The van der Waals surface area contributed by atoms with Gasteiger partial charge in [0.15, 0.2) is 0 Å². The summed E-state index contributed by atoms with van der Waals surface area (Å²) in [6.07, 6.45) is 2.39. The number of nitrogens with one attached hydrogen (secondary N) is 2. The van der Waals surface area contributed by atoms with Crippen LogP contribution in [0.1, 0.15) is 18.9 Å². The van der Waals surface area contributed by atoms with E-state index in [9.17, 15) is 4.79 Å². The number of hydrogen-bond acceptors (Lipinski definition) is 3. The molecule has 94 valence electrons. The number of anilines is 1. The van der Waals surface area contributed by atoms with Gasteiger partial charge in [-0.25, -0.2) is 0 Å². The summed E-state index contributed by atoms with van der Waals surface area (Å²) in [5.41, 5.74) is 1.76. The van der Waals surface area contributed by atoms with Gasteiger partial charge in [-0.3, -0.25) is 4.79 Å². The molecule has 0 unspecified atom stereocenters. The van der Waals surface area contributed by atoms with E-state index in [1.807, 2.05) is 44.2 Å². The Balaban J connectivity index is 2.72. The summed E-state index contributed by atoms with van der Waals surface area (Å²) in [5.74, 6) is -0.393. The van der Waals surface area contributed by atoms with Crippen molar-refractivity contribution in [3.05, 3.63) is 41.6 Å². The fraction of sp³-hybridized carbons (Fsp3) is 0.286. The summed E-state index contributed by atoms with van der Waals surface area (Å²) in [5, 5.41) is 14.6. The molecule has 4 nitrogen and oxygen atoms in total. The number of rotatable bonds is 5. The normalized spacial score (nSPS) is 10.6. The minimum Gasteiger partial charge on any atom is -0.390 e. The zero-order valence-electron chi connectivity index (χ0n) is 10.7. The first-order chi connectivity index (χ1) is 8.69. The van der Waals surface area contributed by atoms with E-state index >= 15 is 0 Å². The standard InChI is InChI=1S/C14H17N3O/c1-3-8-16-10-12(9-15)14(18)17-13-7-5-4-6-11(13)2/h4-7,10,16H,3,8H2,1-2H3,(H,17,18)/b12-10-. The summed E-state index contributed by atoms with van der Waals surface area (Å²) >= 11 is 0. The number of aryl methyl sites for hydroxylation is 1. The number of nitriles is 1. The molecule has 0 aliphatic heterocycles. The van der Waals surface area contributed by atoms with Crippen molar-refractivity contribution >= 4 is 11.6 Å². The fourth-order valence-corrected chi connectivity index (χ4v) is 1.37. The Hall–Kier alpha value is -2.28. The first-order valence-electron chi connectivity index (χ1n) is 5.89. The minimum atomic E-state index is -0.393. The van der Waals surface area contributed by atoms with Crippen molar-refractivity contribution in [2.45, 2.75) is 20.3 Å². The van der Waals surface area contributed by atoms with Gasteiger partial charge in [-0.15, -0.1) is 0 Å². The smallest absolute Gasteiger partial charge is 0.267 e. The Morgan fingerprint density at radius 1 is 1.44 bits per heavy atom. The number of benzene rings is 1. The topological polar surface area (TPSA) is 64.9 Å². The van der Waals surface area contributed by atoms with Crippen molar-refractivity contribution in [1.29, 1.82) is 5.26 Å². The Bertz CT molecular complexity index is 486. The lowest BCUT2D eigenvalue weighted by atomic mass is 10.2. The van der Waals surface area contributed by atoms with E-state index in [1.54, 1.807) is 0 Å². The van der Waals surface area contributed by atoms with Crippen LogP contribution in [0.4, 0.5) is 5.69 Å². The first kappa shape index (κ1) is 13.8. The van der Waals surface area contributed by atoms with Gasteiger partial charge in [0.25, 0.3) is 5.91 Å². The second-order valence-corrected chi connectivity index (χ2v) is 3.89. The van der Waals surface area contributed by atoms with Crippen LogP contribution in [-0.2, 0) is 4.79 Å². The lowest BCUT2D eigenvalue weighted by Gasteiger charge is -2.07. The lowest BCUT2D eigenvalue weighted by molar-refractivity contribution is -0.112. The molecular weight excluding hydrogens is 226 g/mol. The molecule has 0 aliphatic carbocycles. The highest BCUT2D eigenvalue weighted by atomic mass is 16.1. The third-order valence-electron chi connectivity index (χ3n) is 2.40. The molecule has 0 saturated carbocycles. The Labute approximate surface area is 107 Å². The van der Waals surface area contributed by atoms with E-state index < -0.39 is 5.91 Å². The largest absolute Gasteiger partial charge is 0.390 e. The van der Waals surface area contributed by atoms with E-state index in [0.29, 0.717) is 0 Å². The molecule has 18 heavy (non-hydrogen) atoms. The molecule has 4 heteroatoms. The summed E-state index contributed by atoms with van der Waals surface area (Å²) in [6, 6.07) is 9.34. The summed E-state index contributed by atoms with van der Waals surface area (Å²) in [6.45, 7) is 4.66. The summed E-state index contributed by atoms with van der Waals surface area (Å²) in [4.78, 5) is 11.8. The van der Waals surface area contributed by atoms with Gasteiger partial charge in [0.1, 0.15) is 11.6 Å². The predicted octanol–water partition coefficient (Wildman–Crippen LogP) is 2.34. The van der Waals surface area contributed by atoms with Crippen molar-refractivity contribution in [2.24, 2.45) is 0 Å². The molecule has 0 spiro atoms. The van der Waals surface area contributed by atoms with E-state index in [0.717, 1.165) is 24.2 Å². The molecule has 0 saturated heterocycles. The van der Waals surface area contributed by atoms with Gasteiger partial charge in [-0.2, -0.15) is 5.26 Å². The van der Waals surface area contributed by atoms with Crippen LogP contribution in [0.5, 0.6) is 0 Å². The molecule has 0 radical (unpaired) electrons. The highest BCUT2D eigenvalue weighted by Crippen LogP contribution is 2.13. The van der Waals surface area contributed by atoms with Crippen LogP contribution in [0.15, 0.2) is 36.0 Å². The van der Waals surface area contributed by atoms with Crippen molar-refractivity contribution in [2.75, 3.05) is 11.9 Å². The number of para-hydroxylation sites is 1. The van der Waals surface area contributed by atoms with Crippen LogP contribution in [0, 0.1) is 18.3 Å². The van der Waals surface area contributed by atoms with E-state index in [1.165, 1.54) is 6.20 Å². The van der Waals surface area contributed by atoms with Gasteiger partial charge >= 0.3 is 0 Å². The predicted molar refractivity (Wildman–Crippen MR) is 71.8 cm³/mol. The van der Waals surface area contributed by atoms with Crippen LogP contribution in [-0.4, -0.2) is 12.5 Å². The van der Waals surface area contributed by atoms with Gasteiger partial charge in [0.2, 0.25) is 0 Å². The molecule has 2 N–H and O–H groups in total. The second kappa shape index (κ2) is 7.13. The third-order valence-corrected chi connectivity index (χ3v) is 2.40. The van der Waals surface area contributed by atoms with Crippen molar-refractivity contribution in [3.8, 4) is 6.07 Å². The molecule has 0 heterocycles. The molecule has 0 aromatic heterocycles. The lowest BCUT2D eigenvalue weighted by Crippen LogP contribution is -2.17. The first-order valence-corrected chi connectivity index (χ1v) is 5.89. The summed E-state index contributed by atoms with van der Waals surface area (Å²) < 4.78 is 0. The van der Waals surface area contributed by atoms with E-state index in [-0.39, 0.29) is 5.57 Å². The molecular formula is C14H17N3O. The van der Waals surface area contributed by atoms with Crippen LogP contribution < -0.4 is 10.6 Å². The van der Waals surface area contributed by atoms with Crippen LogP contribution in [0.3, 0.4) is 0 Å². The van der Waals surface area contributed by atoms with Crippen molar-refractivity contribution in [3.63, 3.8) is 0 Å². The van der Waals surface area contributed by atoms with Crippen molar-refractivity contribution in [1.82, 2.24) is 5.32 Å². The van der Waals surface area contributed by atoms with Gasteiger partial charge in [-0.05, 0) is 25.0 Å². The maximum atomic E-state index is 11.8. The SMILES string of the molecule is CCCN/C=C(/C#N)C(=O)Nc1ccccc1C. The molecule has 0 bridgehead atoms. The highest BCUT2D eigenvalue weighted by Gasteiger charge is 2.09. The average Bonchev–Trinajstić information content (AvgIpc) is 2.37. The molecule has 0 atom stereocenters. The number of carbonyl (C=O) groups excluding carboxylic acids is 1. The number of carbonyl (C=O) groups is 1. The zero-order valence-corrected chi connectivity index (χ0v) is 10.7. The number of hydrogen-bond donors (Lipinski definition) is 2. The molecule has 0 fully saturated rings. The Morgan fingerprint density at radius 3 is 2.78 bits per heavy atom. The van der Waals surface area contributed by atoms with Crippen LogP contribution in [0.25, 0.3) is 0 Å². The molecule has 0 aliphatic rings. The number of nitrogens with zero attached hydrogens (tertiary/aromatic N) is 1. The molecule has 1 aromatic rings. The number of amides is 1. The minimum absolute atomic E-state index is 0.0757. The second-order valence-electron chi connectivity index (χ2n) is 3.89. The molecule has 1 aromatic carbocycles. The quantitative estimate of drug-likeness (QED) is 0.474. The molecule has 1 rings (SSSR count). The van der Waals surface area contributed by atoms with Crippen LogP contribution >= 0.6 is 0 Å². The Kier molecular flexibility index (Phi) is 5.46. The fourth-order valence-electron chi connectivity index (χ4n) is 1.37. The zero-order chi connectivity index (χ0) is 13.4. The van der Waals surface area contributed by atoms with Gasteiger partial charge < -0.3 is 10.6 Å². The highest BCUT2D eigenvalue weighted by molar-refractivity contribution is 6.06. The maximum absolute atomic E-state index is 11.8. The van der Waals surface area contributed by atoms with Gasteiger partial charge in [0.05, 0.1) is 0 Å². The van der Waals surface area contributed by atoms with Gasteiger partial charge in [-0.1, -0.05) is 25.1 Å². The van der Waals surface area contributed by atoms with Crippen LogP contribution in [0.2, 0.25) is 0 Å². The van der Waals surface area contributed by atoms with Gasteiger partial charge in [0, 0.05) is 18.4 Å². The molecule has 1 amide bonds. The van der Waals surface area contributed by atoms with E-state index in [2.05, 4.69) is 10.6 Å². The monoisotopic (exact) mass is 243 g/mol. The Morgan fingerprint density at radius 2 is 2.17 bits per heavy atom. The maximum Gasteiger partial charge on any atom is 0.267 e. The van der Waals surface area contributed by atoms with Crippen molar-refractivity contribution < 1.29 is 4.79 Å². The van der Waals surface area contributed by atoms with E-state index in [4.69, 9.17) is 5.26 Å².